The standard InChI is InChI=1S/C16H28O6/c1-2-3-4-5-6-7-14-16(21)12(18)9-8-11(17)13(19)10-15(20)22-14/h8-9,11-14,16-19,21H,2-7,10H2,1H3/b9-8-. The monoisotopic (exact) mass is 316 g/mol. The summed E-state index contributed by atoms with van der Waals surface area (Å²) in [5.41, 5.74) is 0. The van der Waals surface area contributed by atoms with E-state index in [-0.39, 0.29) is 6.42 Å². The summed E-state index contributed by atoms with van der Waals surface area (Å²) in [5, 5.41) is 39.2. The highest BCUT2D eigenvalue weighted by Gasteiger charge is 2.31. The van der Waals surface area contributed by atoms with Crippen molar-refractivity contribution in [2.75, 3.05) is 0 Å². The fourth-order valence-electron chi connectivity index (χ4n) is 2.45. The number of esters is 1. The summed E-state index contributed by atoms with van der Waals surface area (Å²) >= 11 is 0. The molecule has 0 amide bonds. The van der Waals surface area contributed by atoms with Gasteiger partial charge >= 0.3 is 5.97 Å². The first-order valence-corrected chi connectivity index (χ1v) is 8.05. The van der Waals surface area contributed by atoms with Gasteiger partial charge in [0.2, 0.25) is 0 Å². The molecule has 5 unspecified atom stereocenters. The molecule has 1 rings (SSSR count). The van der Waals surface area contributed by atoms with E-state index in [1.165, 1.54) is 12.2 Å². The summed E-state index contributed by atoms with van der Waals surface area (Å²) in [6.45, 7) is 2.12. The molecule has 0 bridgehead atoms. The molecule has 22 heavy (non-hydrogen) atoms. The molecule has 0 fully saturated rings. The topological polar surface area (TPSA) is 107 Å². The van der Waals surface area contributed by atoms with E-state index in [0.717, 1.165) is 32.1 Å². The Morgan fingerprint density at radius 2 is 1.68 bits per heavy atom. The van der Waals surface area contributed by atoms with Gasteiger partial charge in [-0.25, -0.2) is 0 Å². The SMILES string of the molecule is CCCCCCCC1OC(=O)CC(O)C(O)/C=C\C(O)C1O. The van der Waals surface area contributed by atoms with E-state index < -0.39 is 36.5 Å². The maximum Gasteiger partial charge on any atom is 0.308 e. The predicted octanol–water partition coefficient (Wildman–Crippen LogP) is 0.662. The summed E-state index contributed by atoms with van der Waals surface area (Å²) in [7, 11) is 0. The molecule has 1 heterocycles. The molecule has 0 saturated carbocycles. The van der Waals surface area contributed by atoms with Gasteiger partial charge in [-0.05, 0) is 12.8 Å². The number of ether oxygens (including phenoxy) is 1. The average molecular weight is 316 g/mol. The van der Waals surface area contributed by atoms with E-state index in [9.17, 15) is 25.2 Å². The Balaban J connectivity index is 2.64. The molecule has 0 aromatic heterocycles. The van der Waals surface area contributed by atoms with Crippen molar-refractivity contribution >= 4 is 5.97 Å². The maximum atomic E-state index is 11.7. The Kier molecular flexibility index (Phi) is 8.63. The minimum atomic E-state index is -1.28. The van der Waals surface area contributed by atoms with Gasteiger partial charge in [-0.15, -0.1) is 0 Å². The molecular weight excluding hydrogens is 288 g/mol. The van der Waals surface area contributed by atoms with Crippen LogP contribution in [0.25, 0.3) is 0 Å². The lowest BCUT2D eigenvalue weighted by atomic mass is 9.99. The van der Waals surface area contributed by atoms with E-state index in [0.29, 0.717) is 6.42 Å². The quantitative estimate of drug-likeness (QED) is 0.326. The lowest BCUT2D eigenvalue weighted by Crippen LogP contribution is -2.41. The number of cyclic esters (lactones) is 1. The Morgan fingerprint density at radius 1 is 1.05 bits per heavy atom. The summed E-state index contributed by atoms with van der Waals surface area (Å²) in [4.78, 5) is 11.7. The number of unbranched alkanes of at least 4 members (excludes halogenated alkanes) is 4. The molecule has 6 nitrogen and oxygen atoms in total. The van der Waals surface area contributed by atoms with Crippen molar-refractivity contribution in [3.05, 3.63) is 12.2 Å². The van der Waals surface area contributed by atoms with Crippen LogP contribution in [0.5, 0.6) is 0 Å². The Bertz CT molecular complexity index is 357. The van der Waals surface area contributed by atoms with Crippen LogP contribution >= 0.6 is 0 Å². The molecule has 0 aliphatic carbocycles. The zero-order chi connectivity index (χ0) is 16.5. The van der Waals surface area contributed by atoms with Gasteiger partial charge < -0.3 is 25.2 Å². The first-order chi connectivity index (χ1) is 10.5. The average Bonchev–Trinajstić information content (AvgIpc) is 2.49. The smallest absolute Gasteiger partial charge is 0.308 e. The van der Waals surface area contributed by atoms with E-state index in [4.69, 9.17) is 4.74 Å². The van der Waals surface area contributed by atoms with Crippen LogP contribution in [0, 0.1) is 0 Å². The molecule has 128 valence electrons. The molecular formula is C16H28O6. The highest BCUT2D eigenvalue weighted by Crippen LogP contribution is 2.18. The molecule has 0 aromatic carbocycles. The van der Waals surface area contributed by atoms with Crippen molar-refractivity contribution in [2.45, 2.75) is 82.4 Å². The van der Waals surface area contributed by atoms with Gasteiger partial charge in [0.05, 0.1) is 18.6 Å². The molecule has 0 saturated heterocycles. The van der Waals surface area contributed by atoms with Crippen LogP contribution in [-0.2, 0) is 9.53 Å². The van der Waals surface area contributed by atoms with Gasteiger partial charge in [-0.1, -0.05) is 44.8 Å². The summed E-state index contributed by atoms with van der Waals surface area (Å²) in [6, 6.07) is 0. The van der Waals surface area contributed by atoms with Gasteiger partial charge in [-0.3, -0.25) is 4.79 Å². The molecule has 5 atom stereocenters. The van der Waals surface area contributed by atoms with Crippen LogP contribution in [0.4, 0.5) is 0 Å². The number of carbonyl (C=O) groups excluding carboxylic acids is 1. The lowest BCUT2D eigenvalue weighted by Gasteiger charge is -2.27. The first-order valence-electron chi connectivity index (χ1n) is 8.05. The van der Waals surface area contributed by atoms with Crippen LogP contribution < -0.4 is 0 Å². The number of carbonyl (C=O) groups is 1. The van der Waals surface area contributed by atoms with Crippen molar-refractivity contribution in [1.29, 1.82) is 0 Å². The number of aliphatic hydroxyl groups is 4. The van der Waals surface area contributed by atoms with Crippen LogP contribution in [0.3, 0.4) is 0 Å². The Morgan fingerprint density at radius 3 is 2.36 bits per heavy atom. The molecule has 1 aliphatic rings. The highest BCUT2D eigenvalue weighted by molar-refractivity contribution is 5.70. The van der Waals surface area contributed by atoms with Crippen LogP contribution in [-0.4, -0.2) is 56.9 Å². The minimum Gasteiger partial charge on any atom is -0.459 e. The van der Waals surface area contributed by atoms with Gasteiger partial charge in [0.1, 0.15) is 18.3 Å². The van der Waals surface area contributed by atoms with E-state index in [1.54, 1.807) is 0 Å². The first kappa shape index (κ1) is 19.1. The number of hydrogen-bond donors (Lipinski definition) is 4. The molecule has 4 N–H and O–H groups in total. The third kappa shape index (κ3) is 6.44. The second kappa shape index (κ2) is 9.94. The molecule has 1 aliphatic heterocycles. The number of rotatable bonds is 6. The third-order valence-electron chi connectivity index (χ3n) is 3.88. The zero-order valence-corrected chi connectivity index (χ0v) is 13.1. The second-order valence-corrected chi connectivity index (χ2v) is 5.86. The molecule has 0 radical (unpaired) electrons. The van der Waals surface area contributed by atoms with Gasteiger partial charge in [-0.2, -0.15) is 0 Å². The lowest BCUT2D eigenvalue weighted by molar-refractivity contribution is -0.163. The van der Waals surface area contributed by atoms with Gasteiger partial charge in [0, 0.05) is 0 Å². The van der Waals surface area contributed by atoms with Crippen molar-refractivity contribution in [2.24, 2.45) is 0 Å². The molecule has 6 heteroatoms. The van der Waals surface area contributed by atoms with Crippen molar-refractivity contribution in [1.82, 2.24) is 0 Å². The number of aliphatic hydroxyl groups excluding tert-OH is 4. The fraction of sp³-hybridized carbons (Fsp3) is 0.812. The van der Waals surface area contributed by atoms with Gasteiger partial charge in [0.15, 0.2) is 0 Å². The highest BCUT2D eigenvalue weighted by atomic mass is 16.6. The van der Waals surface area contributed by atoms with Crippen LogP contribution in [0.15, 0.2) is 12.2 Å². The summed E-state index contributed by atoms with van der Waals surface area (Å²) in [6.07, 6.45) is 1.78. The van der Waals surface area contributed by atoms with Crippen LogP contribution in [0.1, 0.15) is 51.9 Å². The van der Waals surface area contributed by atoms with Crippen LogP contribution in [0.2, 0.25) is 0 Å². The van der Waals surface area contributed by atoms with Crippen molar-refractivity contribution in [3.63, 3.8) is 0 Å². The van der Waals surface area contributed by atoms with E-state index in [2.05, 4.69) is 6.92 Å². The molecule has 0 aromatic rings. The normalized spacial score (nSPS) is 35.0. The van der Waals surface area contributed by atoms with Crippen molar-refractivity contribution in [3.8, 4) is 0 Å². The second-order valence-electron chi connectivity index (χ2n) is 5.86. The van der Waals surface area contributed by atoms with E-state index >= 15 is 0 Å². The maximum absolute atomic E-state index is 11.7. The molecule has 0 spiro atoms. The number of hydrogen-bond acceptors (Lipinski definition) is 6. The van der Waals surface area contributed by atoms with Gasteiger partial charge in [0.25, 0.3) is 0 Å². The largest absolute Gasteiger partial charge is 0.459 e. The van der Waals surface area contributed by atoms with E-state index in [1.807, 2.05) is 0 Å². The third-order valence-corrected chi connectivity index (χ3v) is 3.88. The Hall–Kier alpha value is -0.950. The Labute approximate surface area is 131 Å². The fourth-order valence-corrected chi connectivity index (χ4v) is 2.45. The zero-order valence-electron chi connectivity index (χ0n) is 13.1. The van der Waals surface area contributed by atoms with Crippen molar-refractivity contribution < 1.29 is 30.0 Å². The summed E-state index contributed by atoms with van der Waals surface area (Å²) < 4.78 is 5.18. The minimum absolute atomic E-state index is 0.347. The summed E-state index contributed by atoms with van der Waals surface area (Å²) in [5.74, 6) is -0.688. The predicted molar refractivity (Wildman–Crippen MR) is 81.0 cm³/mol.